The van der Waals surface area contributed by atoms with E-state index in [1.54, 1.807) is 12.1 Å². The molecule has 1 N–H and O–H groups in total. The maximum atomic E-state index is 13.0. The number of amides is 1. The predicted octanol–water partition coefficient (Wildman–Crippen LogP) is 3.48. The van der Waals surface area contributed by atoms with E-state index < -0.39 is 0 Å². The van der Waals surface area contributed by atoms with Crippen LogP contribution in [0.15, 0.2) is 42.5 Å². The van der Waals surface area contributed by atoms with Crippen LogP contribution in [0.4, 0.5) is 10.1 Å². The number of hydrogen-bond acceptors (Lipinski definition) is 3. The van der Waals surface area contributed by atoms with Gasteiger partial charge in [-0.05, 0) is 60.9 Å². The minimum absolute atomic E-state index is 0.0925. The molecule has 1 saturated heterocycles. The van der Waals surface area contributed by atoms with E-state index in [-0.39, 0.29) is 11.7 Å². The Labute approximate surface area is 146 Å². The normalized spacial score (nSPS) is 17.1. The Kier molecular flexibility index (Phi) is 4.30. The zero-order valence-electron chi connectivity index (χ0n) is 14.0. The Morgan fingerprint density at radius 3 is 2.64 bits per heavy atom. The molecule has 4 rings (SSSR count). The van der Waals surface area contributed by atoms with Crippen LogP contribution in [0.2, 0.25) is 0 Å². The predicted molar refractivity (Wildman–Crippen MR) is 94.6 cm³/mol. The van der Waals surface area contributed by atoms with Gasteiger partial charge in [-0.25, -0.2) is 4.39 Å². The molecule has 0 spiro atoms. The van der Waals surface area contributed by atoms with Crippen molar-refractivity contribution in [1.29, 1.82) is 0 Å². The van der Waals surface area contributed by atoms with Gasteiger partial charge in [-0.1, -0.05) is 0 Å². The summed E-state index contributed by atoms with van der Waals surface area (Å²) in [4.78, 5) is 14.6. The summed E-state index contributed by atoms with van der Waals surface area (Å²) in [5.41, 5.74) is 2.79. The maximum Gasteiger partial charge on any atom is 0.253 e. The molecule has 2 aliphatic rings. The fraction of sp³-hybridized carbons (Fsp3) is 0.350. The summed E-state index contributed by atoms with van der Waals surface area (Å²) in [6, 6.07) is 12.4. The van der Waals surface area contributed by atoms with Crippen LogP contribution in [-0.2, 0) is 6.42 Å². The van der Waals surface area contributed by atoms with E-state index in [1.165, 1.54) is 12.1 Å². The van der Waals surface area contributed by atoms with Crippen molar-refractivity contribution in [3.63, 3.8) is 0 Å². The molecule has 5 heteroatoms. The van der Waals surface area contributed by atoms with Crippen molar-refractivity contribution in [2.75, 3.05) is 25.0 Å². The van der Waals surface area contributed by atoms with E-state index in [9.17, 15) is 9.18 Å². The van der Waals surface area contributed by atoms with E-state index in [0.29, 0.717) is 12.6 Å². The molecule has 2 heterocycles. The molecule has 4 nitrogen and oxygen atoms in total. The number of halogens is 1. The first-order valence-electron chi connectivity index (χ1n) is 8.76. The van der Waals surface area contributed by atoms with Gasteiger partial charge < -0.3 is 15.0 Å². The van der Waals surface area contributed by atoms with E-state index in [1.807, 2.05) is 23.1 Å². The monoisotopic (exact) mass is 340 g/mol. The van der Waals surface area contributed by atoms with Crippen LogP contribution in [0.3, 0.4) is 0 Å². The summed E-state index contributed by atoms with van der Waals surface area (Å²) in [6.45, 7) is 2.16. The molecule has 130 valence electrons. The van der Waals surface area contributed by atoms with Crippen molar-refractivity contribution in [3.8, 4) is 5.75 Å². The van der Waals surface area contributed by atoms with Gasteiger partial charge in [-0.15, -0.1) is 0 Å². The number of likely N-dealkylation sites (tertiary alicyclic amines) is 1. The average molecular weight is 340 g/mol. The highest BCUT2D eigenvalue weighted by molar-refractivity contribution is 5.94. The fourth-order valence-electron chi connectivity index (χ4n) is 3.51. The molecule has 2 aliphatic heterocycles. The number of rotatable bonds is 3. The van der Waals surface area contributed by atoms with Crippen molar-refractivity contribution < 1.29 is 13.9 Å². The highest BCUT2D eigenvalue weighted by Gasteiger charge is 2.24. The third kappa shape index (κ3) is 3.45. The van der Waals surface area contributed by atoms with Gasteiger partial charge in [0.1, 0.15) is 11.6 Å². The minimum Gasteiger partial charge on any atom is -0.493 e. The maximum absolute atomic E-state index is 13.0. The van der Waals surface area contributed by atoms with Crippen LogP contribution in [0.1, 0.15) is 28.8 Å². The quantitative estimate of drug-likeness (QED) is 0.930. The van der Waals surface area contributed by atoms with Crippen LogP contribution in [0, 0.1) is 5.82 Å². The Bertz CT molecular complexity index is 768. The topological polar surface area (TPSA) is 41.6 Å². The van der Waals surface area contributed by atoms with Gasteiger partial charge in [-0.3, -0.25) is 4.79 Å². The number of benzene rings is 2. The smallest absolute Gasteiger partial charge is 0.253 e. The molecular weight excluding hydrogens is 319 g/mol. The minimum atomic E-state index is -0.231. The van der Waals surface area contributed by atoms with Gasteiger partial charge in [0.25, 0.3) is 5.91 Å². The van der Waals surface area contributed by atoms with E-state index >= 15 is 0 Å². The average Bonchev–Trinajstić information content (AvgIpc) is 3.11. The highest BCUT2D eigenvalue weighted by Crippen LogP contribution is 2.27. The summed E-state index contributed by atoms with van der Waals surface area (Å²) in [5.74, 6) is 0.763. The zero-order chi connectivity index (χ0) is 17.2. The number of fused-ring (bicyclic) bond motifs is 1. The van der Waals surface area contributed by atoms with Gasteiger partial charge in [-0.2, -0.15) is 0 Å². The second kappa shape index (κ2) is 6.75. The third-order valence-corrected chi connectivity index (χ3v) is 4.93. The SMILES string of the molecule is O=C(c1ccc2c(c1)CCO2)N1CCC(Nc2ccc(F)cc2)CC1. The van der Waals surface area contributed by atoms with Crippen LogP contribution in [-0.4, -0.2) is 36.5 Å². The molecule has 1 fully saturated rings. The molecule has 0 radical (unpaired) electrons. The highest BCUT2D eigenvalue weighted by atomic mass is 19.1. The second-order valence-electron chi connectivity index (χ2n) is 6.64. The van der Waals surface area contributed by atoms with Crippen molar-refractivity contribution in [2.45, 2.75) is 25.3 Å². The number of nitrogens with one attached hydrogen (secondary N) is 1. The van der Waals surface area contributed by atoms with Gasteiger partial charge in [0.2, 0.25) is 0 Å². The molecule has 25 heavy (non-hydrogen) atoms. The standard InChI is InChI=1S/C20H21FN2O2/c21-16-2-4-17(5-3-16)22-18-7-10-23(11-8-18)20(24)15-1-6-19-14(13-15)9-12-25-19/h1-6,13,18,22H,7-12H2. The molecule has 0 aromatic heterocycles. The first kappa shape index (κ1) is 15.9. The van der Waals surface area contributed by atoms with Crippen molar-refractivity contribution >= 4 is 11.6 Å². The number of carbonyl (C=O) groups excluding carboxylic acids is 1. The van der Waals surface area contributed by atoms with Gasteiger partial charge >= 0.3 is 0 Å². The largest absolute Gasteiger partial charge is 0.493 e. The van der Waals surface area contributed by atoms with Gasteiger partial charge in [0.05, 0.1) is 6.61 Å². The van der Waals surface area contributed by atoms with Gasteiger partial charge in [0.15, 0.2) is 0 Å². The van der Waals surface area contributed by atoms with E-state index in [4.69, 9.17) is 4.74 Å². The number of carbonyl (C=O) groups is 1. The lowest BCUT2D eigenvalue weighted by atomic mass is 10.0. The molecule has 0 atom stereocenters. The molecule has 2 aromatic rings. The first-order valence-corrected chi connectivity index (χ1v) is 8.76. The third-order valence-electron chi connectivity index (χ3n) is 4.93. The Hall–Kier alpha value is -2.56. The fourth-order valence-corrected chi connectivity index (χ4v) is 3.51. The van der Waals surface area contributed by atoms with E-state index in [0.717, 1.165) is 54.9 Å². The molecule has 0 bridgehead atoms. The molecule has 0 saturated carbocycles. The molecule has 0 aliphatic carbocycles. The summed E-state index contributed by atoms with van der Waals surface area (Å²) in [7, 11) is 0. The zero-order valence-corrected chi connectivity index (χ0v) is 14.0. The van der Waals surface area contributed by atoms with E-state index in [2.05, 4.69) is 5.32 Å². The van der Waals surface area contributed by atoms with Crippen LogP contribution in [0.25, 0.3) is 0 Å². The number of piperidine rings is 1. The molecule has 2 aromatic carbocycles. The summed E-state index contributed by atoms with van der Waals surface area (Å²) in [6.07, 6.45) is 2.65. The molecular formula is C20H21FN2O2. The van der Waals surface area contributed by atoms with Gasteiger partial charge in [0, 0.05) is 36.8 Å². The summed E-state index contributed by atoms with van der Waals surface area (Å²) < 4.78 is 18.5. The second-order valence-corrected chi connectivity index (χ2v) is 6.64. The Balaban J connectivity index is 1.35. The number of anilines is 1. The summed E-state index contributed by atoms with van der Waals surface area (Å²) in [5, 5.41) is 3.42. The van der Waals surface area contributed by atoms with Crippen molar-refractivity contribution in [2.24, 2.45) is 0 Å². The van der Waals surface area contributed by atoms with Crippen LogP contribution >= 0.6 is 0 Å². The lowest BCUT2D eigenvalue weighted by molar-refractivity contribution is 0.0718. The molecule has 1 amide bonds. The number of nitrogens with zero attached hydrogens (tertiary/aromatic N) is 1. The first-order chi connectivity index (χ1) is 12.2. The Morgan fingerprint density at radius 1 is 1.12 bits per heavy atom. The van der Waals surface area contributed by atoms with Crippen molar-refractivity contribution in [3.05, 3.63) is 59.4 Å². The summed E-state index contributed by atoms with van der Waals surface area (Å²) >= 11 is 0. The lowest BCUT2D eigenvalue weighted by Crippen LogP contribution is -2.42. The Morgan fingerprint density at radius 2 is 1.88 bits per heavy atom. The van der Waals surface area contributed by atoms with Crippen molar-refractivity contribution in [1.82, 2.24) is 4.90 Å². The molecule has 0 unspecified atom stereocenters. The number of ether oxygens (including phenoxy) is 1. The lowest BCUT2D eigenvalue weighted by Gasteiger charge is -2.33. The number of hydrogen-bond donors (Lipinski definition) is 1. The van der Waals surface area contributed by atoms with Crippen LogP contribution < -0.4 is 10.1 Å². The van der Waals surface area contributed by atoms with Crippen LogP contribution in [0.5, 0.6) is 5.75 Å².